The minimum atomic E-state index is 0.526. The molecule has 96 valence electrons. The molecule has 1 aromatic rings. The number of nitrogens with zero attached hydrogens (tertiary/aromatic N) is 2. The normalized spacial score (nSPS) is 19.7. The van der Waals surface area contributed by atoms with Crippen LogP contribution in [0.4, 0.5) is 0 Å². The van der Waals surface area contributed by atoms with E-state index in [1.54, 1.807) is 0 Å². The Labute approximate surface area is 105 Å². The average molecular weight is 235 g/mol. The van der Waals surface area contributed by atoms with Crippen LogP contribution in [-0.4, -0.2) is 15.6 Å². The van der Waals surface area contributed by atoms with Gasteiger partial charge >= 0.3 is 0 Å². The van der Waals surface area contributed by atoms with Crippen LogP contribution in [-0.2, 0) is 25.9 Å². The third kappa shape index (κ3) is 2.71. The Morgan fingerprint density at radius 1 is 1.47 bits per heavy atom. The lowest BCUT2D eigenvalue weighted by Gasteiger charge is -2.22. The van der Waals surface area contributed by atoms with E-state index < -0.39 is 0 Å². The van der Waals surface area contributed by atoms with Gasteiger partial charge in [0.25, 0.3) is 0 Å². The lowest BCUT2D eigenvalue weighted by molar-refractivity contribution is 0.406. The minimum Gasteiger partial charge on any atom is -0.332 e. The SMILES string of the molecule is CCc1nc(CNC(C)C)c2n1CCC(C)C2. The molecular formula is C14H25N3. The summed E-state index contributed by atoms with van der Waals surface area (Å²) in [4.78, 5) is 4.82. The van der Waals surface area contributed by atoms with Gasteiger partial charge < -0.3 is 9.88 Å². The molecule has 3 heteroatoms. The largest absolute Gasteiger partial charge is 0.332 e. The highest BCUT2D eigenvalue weighted by molar-refractivity contribution is 5.20. The highest BCUT2D eigenvalue weighted by Gasteiger charge is 2.22. The van der Waals surface area contributed by atoms with Gasteiger partial charge in [-0.1, -0.05) is 27.7 Å². The van der Waals surface area contributed by atoms with Crippen LogP contribution in [0.5, 0.6) is 0 Å². The van der Waals surface area contributed by atoms with E-state index in [1.165, 1.54) is 30.1 Å². The zero-order chi connectivity index (χ0) is 12.4. The zero-order valence-electron chi connectivity index (χ0n) is 11.6. The summed E-state index contributed by atoms with van der Waals surface area (Å²) < 4.78 is 2.46. The molecule has 1 unspecified atom stereocenters. The van der Waals surface area contributed by atoms with E-state index >= 15 is 0 Å². The van der Waals surface area contributed by atoms with E-state index in [0.29, 0.717) is 6.04 Å². The maximum absolute atomic E-state index is 4.82. The lowest BCUT2D eigenvalue weighted by atomic mass is 9.97. The first kappa shape index (κ1) is 12.6. The third-order valence-corrected chi connectivity index (χ3v) is 3.62. The summed E-state index contributed by atoms with van der Waals surface area (Å²) in [5.74, 6) is 2.08. The number of imidazole rings is 1. The molecule has 1 aliphatic heterocycles. The number of hydrogen-bond acceptors (Lipinski definition) is 2. The van der Waals surface area contributed by atoms with Gasteiger partial charge in [0.2, 0.25) is 0 Å². The molecule has 0 aliphatic carbocycles. The van der Waals surface area contributed by atoms with Crippen molar-refractivity contribution in [1.82, 2.24) is 14.9 Å². The van der Waals surface area contributed by atoms with Crippen LogP contribution in [0.15, 0.2) is 0 Å². The maximum atomic E-state index is 4.82. The van der Waals surface area contributed by atoms with E-state index in [2.05, 4.69) is 37.6 Å². The molecule has 1 atom stereocenters. The van der Waals surface area contributed by atoms with Gasteiger partial charge in [-0.2, -0.15) is 0 Å². The first-order chi connectivity index (χ1) is 8.11. The van der Waals surface area contributed by atoms with Gasteiger partial charge in [0, 0.05) is 31.2 Å². The molecule has 0 amide bonds. The standard InChI is InChI=1S/C14H25N3/c1-5-14-16-12(9-15-10(2)3)13-8-11(4)6-7-17(13)14/h10-11,15H,5-9H2,1-4H3. The van der Waals surface area contributed by atoms with Crippen LogP contribution < -0.4 is 5.32 Å². The van der Waals surface area contributed by atoms with Crippen molar-refractivity contribution in [3.63, 3.8) is 0 Å². The van der Waals surface area contributed by atoms with Crippen LogP contribution in [0, 0.1) is 5.92 Å². The van der Waals surface area contributed by atoms with Crippen LogP contribution in [0.1, 0.15) is 51.3 Å². The molecule has 0 radical (unpaired) electrons. The maximum Gasteiger partial charge on any atom is 0.108 e. The molecule has 0 bridgehead atoms. The van der Waals surface area contributed by atoms with E-state index in [1.807, 2.05) is 0 Å². The first-order valence-corrected chi connectivity index (χ1v) is 6.92. The second-order valence-electron chi connectivity index (χ2n) is 5.56. The zero-order valence-corrected chi connectivity index (χ0v) is 11.6. The second-order valence-corrected chi connectivity index (χ2v) is 5.56. The third-order valence-electron chi connectivity index (χ3n) is 3.62. The molecule has 1 aliphatic rings. The van der Waals surface area contributed by atoms with Crippen LogP contribution in [0.3, 0.4) is 0 Å². The Morgan fingerprint density at radius 2 is 2.24 bits per heavy atom. The van der Waals surface area contributed by atoms with Gasteiger partial charge in [0.1, 0.15) is 5.82 Å². The summed E-state index contributed by atoms with van der Waals surface area (Å²) in [6.07, 6.45) is 3.54. The number of aromatic nitrogens is 2. The van der Waals surface area contributed by atoms with Crippen molar-refractivity contribution in [3.8, 4) is 0 Å². The smallest absolute Gasteiger partial charge is 0.108 e. The van der Waals surface area contributed by atoms with E-state index in [9.17, 15) is 0 Å². The number of fused-ring (bicyclic) bond motifs is 1. The minimum absolute atomic E-state index is 0.526. The molecule has 2 heterocycles. The predicted octanol–water partition coefficient (Wildman–Crippen LogP) is 2.53. The number of hydrogen-bond donors (Lipinski definition) is 1. The summed E-state index contributed by atoms with van der Waals surface area (Å²) in [5, 5.41) is 3.49. The average Bonchev–Trinajstić information content (AvgIpc) is 2.63. The Balaban J connectivity index is 2.23. The number of aryl methyl sites for hydroxylation is 1. The van der Waals surface area contributed by atoms with Crippen LogP contribution in [0.2, 0.25) is 0 Å². The topological polar surface area (TPSA) is 29.9 Å². The fraction of sp³-hybridized carbons (Fsp3) is 0.786. The van der Waals surface area contributed by atoms with E-state index in [4.69, 9.17) is 4.98 Å². The molecule has 3 nitrogen and oxygen atoms in total. The second kappa shape index (κ2) is 5.21. The molecule has 0 saturated heterocycles. The Kier molecular flexibility index (Phi) is 3.87. The Morgan fingerprint density at radius 3 is 2.88 bits per heavy atom. The molecule has 0 spiro atoms. The summed E-state index contributed by atoms with van der Waals surface area (Å²) in [6.45, 7) is 11.0. The van der Waals surface area contributed by atoms with Crippen molar-refractivity contribution in [2.45, 2.75) is 66.1 Å². The van der Waals surface area contributed by atoms with Gasteiger partial charge in [0.15, 0.2) is 0 Å². The molecule has 0 fully saturated rings. The van der Waals surface area contributed by atoms with Gasteiger partial charge in [-0.05, 0) is 18.8 Å². The van der Waals surface area contributed by atoms with E-state index in [0.717, 1.165) is 25.4 Å². The van der Waals surface area contributed by atoms with Gasteiger partial charge in [-0.15, -0.1) is 0 Å². The molecule has 1 aromatic heterocycles. The molecule has 0 saturated carbocycles. The van der Waals surface area contributed by atoms with Crippen LogP contribution in [0.25, 0.3) is 0 Å². The van der Waals surface area contributed by atoms with Crippen molar-refractivity contribution >= 4 is 0 Å². The molecule has 17 heavy (non-hydrogen) atoms. The quantitative estimate of drug-likeness (QED) is 0.869. The van der Waals surface area contributed by atoms with Crippen molar-refractivity contribution in [3.05, 3.63) is 17.2 Å². The van der Waals surface area contributed by atoms with Crippen LogP contribution >= 0.6 is 0 Å². The first-order valence-electron chi connectivity index (χ1n) is 6.92. The molecule has 1 N–H and O–H groups in total. The summed E-state index contributed by atoms with van der Waals surface area (Å²) in [5.41, 5.74) is 2.76. The van der Waals surface area contributed by atoms with E-state index in [-0.39, 0.29) is 0 Å². The summed E-state index contributed by atoms with van der Waals surface area (Å²) >= 11 is 0. The summed E-state index contributed by atoms with van der Waals surface area (Å²) in [6, 6.07) is 0.526. The van der Waals surface area contributed by atoms with Crippen molar-refractivity contribution in [2.24, 2.45) is 5.92 Å². The molecular weight excluding hydrogens is 210 g/mol. The summed E-state index contributed by atoms with van der Waals surface area (Å²) in [7, 11) is 0. The molecule has 2 rings (SSSR count). The van der Waals surface area contributed by atoms with Crippen molar-refractivity contribution in [1.29, 1.82) is 0 Å². The fourth-order valence-electron chi connectivity index (χ4n) is 2.58. The van der Waals surface area contributed by atoms with Crippen molar-refractivity contribution < 1.29 is 0 Å². The van der Waals surface area contributed by atoms with Gasteiger partial charge in [0.05, 0.1) is 5.69 Å². The van der Waals surface area contributed by atoms with Gasteiger partial charge in [-0.3, -0.25) is 0 Å². The number of rotatable bonds is 4. The Bertz CT molecular complexity index is 379. The van der Waals surface area contributed by atoms with Gasteiger partial charge in [-0.25, -0.2) is 4.98 Å². The highest BCUT2D eigenvalue weighted by atomic mass is 15.1. The highest BCUT2D eigenvalue weighted by Crippen LogP contribution is 2.25. The number of nitrogens with one attached hydrogen (secondary N) is 1. The monoisotopic (exact) mass is 235 g/mol. The van der Waals surface area contributed by atoms with Crippen molar-refractivity contribution in [2.75, 3.05) is 0 Å². The lowest BCUT2D eigenvalue weighted by Crippen LogP contribution is -2.24. The predicted molar refractivity (Wildman–Crippen MR) is 71.1 cm³/mol. The Hall–Kier alpha value is -0.830. The fourth-order valence-corrected chi connectivity index (χ4v) is 2.58. The molecule has 0 aromatic carbocycles.